The van der Waals surface area contributed by atoms with Gasteiger partial charge in [-0.2, -0.15) is 18.4 Å². The van der Waals surface area contributed by atoms with Crippen LogP contribution in [-0.2, 0) is 12.7 Å². The van der Waals surface area contributed by atoms with Gasteiger partial charge in [-0.25, -0.2) is 0 Å². The van der Waals surface area contributed by atoms with E-state index in [1.54, 1.807) is 35.2 Å². The molecule has 8 nitrogen and oxygen atoms in total. The Labute approximate surface area is 215 Å². The minimum atomic E-state index is -4.45. The summed E-state index contributed by atoms with van der Waals surface area (Å²) < 4.78 is 45.5. The Morgan fingerprint density at radius 3 is 2.26 bits per heavy atom. The van der Waals surface area contributed by atoms with E-state index in [1.807, 2.05) is 17.0 Å². The van der Waals surface area contributed by atoms with Gasteiger partial charge in [0.25, 0.3) is 11.5 Å². The zero-order valence-corrected chi connectivity index (χ0v) is 20.2. The van der Waals surface area contributed by atoms with Crippen molar-refractivity contribution in [3.8, 4) is 6.07 Å². The molecule has 0 aliphatic carbocycles. The van der Waals surface area contributed by atoms with Crippen LogP contribution in [0.15, 0.2) is 76.1 Å². The highest BCUT2D eigenvalue weighted by Gasteiger charge is 2.30. The molecule has 1 aliphatic rings. The van der Waals surface area contributed by atoms with E-state index in [-0.39, 0.29) is 29.9 Å². The second kappa shape index (κ2) is 10.4. The number of benzene rings is 2. The predicted molar refractivity (Wildman–Crippen MR) is 135 cm³/mol. The topological polar surface area (TPSA) is 117 Å². The number of hydrogen-bond acceptors (Lipinski definition) is 6. The molecule has 3 N–H and O–H groups in total. The minimum absolute atomic E-state index is 0. The average molecular weight is 524 g/mol. The number of rotatable bonds is 4. The molecule has 2 aromatic carbocycles. The number of amides is 1. The van der Waals surface area contributed by atoms with E-state index in [4.69, 9.17) is 4.42 Å². The smallest absolute Gasteiger partial charge is 0.416 e. The second-order valence-electron chi connectivity index (χ2n) is 8.70. The van der Waals surface area contributed by atoms with Crippen LogP contribution in [0.3, 0.4) is 0 Å². The van der Waals surface area contributed by atoms with Gasteiger partial charge in [0.15, 0.2) is 5.76 Å². The summed E-state index contributed by atoms with van der Waals surface area (Å²) in [6, 6.07) is 17.1. The van der Waals surface area contributed by atoms with Crippen LogP contribution in [0.4, 0.5) is 18.9 Å². The minimum Gasteiger partial charge on any atom is -0.459 e. The Hall–Kier alpha value is -4.56. The SMILES string of the molecule is N.N#Cc1c(N2CCN(C(=O)c3ccco3)CC2)c2ccccc2n(Cc2ccc(C(F)(F)F)cc2)c1=O. The third kappa shape index (κ3) is 4.86. The maximum atomic E-state index is 13.5. The van der Waals surface area contributed by atoms with Gasteiger partial charge in [0.2, 0.25) is 0 Å². The zero-order valence-electron chi connectivity index (χ0n) is 20.2. The maximum absolute atomic E-state index is 13.5. The molecule has 196 valence electrons. The fourth-order valence-corrected chi connectivity index (χ4v) is 4.65. The van der Waals surface area contributed by atoms with Crippen LogP contribution in [0.5, 0.6) is 0 Å². The van der Waals surface area contributed by atoms with Crippen molar-refractivity contribution >= 4 is 22.5 Å². The molecular weight excluding hydrogens is 499 g/mol. The van der Waals surface area contributed by atoms with Crippen molar-refractivity contribution in [1.29, 1.82) is 5.26 Å². The van der Waals surface area contributed by atoms with Crippen molar-refractivity contribution in [2.24, 2.45) is 0 Å². The van der Waals surface area contributed by atoms with E-state index in [2.05, 4.69) is 0 Å². The molecule has 3 heterocycles. The number of anilines is 1. The number of nitrogens with zero attached hydrogens (tertiary/aromatic N) is 4. The molecule has 1 saturated heterocycles. The Balaban J connectivity index is 0.00000336. The number of nitriles is 1. The number of pyridine rings is 1. The largest absolute Gasteiger partial charge is 0.459 e. The number of carbonyl (C=O) groups is 1. The monoisotopic (exact) mass is 523 g/mol. The number of halogens is 3. The molecule has 1 fully saturated rings. The molecule has 38 heavy (non-hydrogen) atoms. The van der Waals surface area contributed by atoms with Gasteiger partial charge in [-0.3, -0.25) is 9.59 Å². The van der Waals surface area contributed by atoms with E-state index in [1.165, 1.54) is 23.0 Å². The van der Waals surface area contributed by atoms with Gasteiger partial charge in [-0.05, 0) is 35.9 Å². The number of alkyl halides is 3. The first-order valence-corrected chi connectivity index (χ1v) is 11.6. The van der Waals surface area contributed by atoms with E-state index in [9.17, 15) is 28.0 Å². The van der Waals surface area contributed by atoms with Crippen LogP contribution in [-0.4, -0.2) is 41.6 Å². The summed E-state index contributed by atoms with van der Waals surface area (Å²) in [5.41, 5.74) is 0.224. The Morgan fingerprint density at radius 1 is 0.974 bits per heavy atom. The predicted octanol–water partition coefficient (Wildman–Crippen LogP) is 4.66. The van der Waals surface area contributed by atoms with Gasteiger partial charge in [0.1, 0.15) is 11.6 Å². The number of aromatic nitrogens is 1. The number of hydrogen-bond donors (Lipinski definition) is 1. The lowest BCUT2D eigenvalue weighted by molar-refractivity contribution is -0.137. The number of carbonyl (C=O) groups excluding carboxylic acids is 1. The van der Waals surface area contributed by atoms with E-state index in [0.717, 1.165) is 12.1 Å². The molecule has 0 bridgehead atoms. The quantitative estimate of drug-likeness (QED) is 0.416. The summed E-state index contributed by atoms with van der Waals surface area (Å²) in [7, 11) is 0. The number of fused-ring (bicyclic) bond motifs is 1. The first-order valence-electron chi connectivity index (χ1n) is 11.6. The molecule has 1 aliphatic heterocycles. The molecule has 5 rings (SSSR count). The maximum Gasteiger partial charge on any atom is 0.416 e. The van der Waals surface area contributed by atoms with Crippen LogP contribution in [0.2, 0.25) is 0 Å². The van der Waals surface area contributed by atoms with Crippen LogP contribution >= 0.6 is 0 Å². The van der Waals surface area contributed by atoms with Crippen LogP contribution < -0.4 is 16.6 Å². The van der Waals surface area contributed by atoms with Gasteiger partial charge >= 0.3 is 6.18 Å². The zero-order chi connectivity index (χ0) is 26.2. The van der Waals surface area contributed by atoms with Gasteiger partial charge < -0.3 is 24.9 Å². The van der Waals surface area contributed by atoms with E-state index >= 15 is 0 Å². The molecule has 0 radical (unpaired) electrons. The lowest BCUT2D eigenvalue weighted by atomic mass is 10.1. The third-order valence-corrected chi connectivity index (χ3v) is 6.49. The standard InChI is InChI=1S/C27H21F3N4O3.H3N/c28-27(29,30)19-9-7-18(8-10-19)17-34-22-5-2-1-4-20(22)24(21(16-31)25(34)35)32-11-13-33(14-12-32)26(36)23-6-3-15-37-23;/h1-10,15H,11-14,17H2;1H3. The van der Waals surface area contributed by atoms with Crippen molar-refractivity contribution in [1.82, 2.24) is 15.6 Å². The van der Waals surface area contributed by atoms with Crippen molar-refractivity contribution in [3.05, 3.63) is 99.7 Å². The lowest BCUT2D eigenvalue weighted by Gasteiger charge is -2.36. The van der Waals surface area contributed by atoms with Crippen molar-refractivity contribution in [2.45, 2.75) is 12.7 Å². The molecule has 2 aromatic heterocycles. The fourth-order valence-electron chi connectivity index (χ4n) is 4.65. The number of para-hydroxylation sites is 1. The highest BCUT2D eigenvalue weighted by atomic mass is 19.4. The summed E-state index contributed by atoms with van der Waals surface area (Å²) in [5.74, 6) is 0.0319. The molecule has 4 aromatic rings. The van der Waals surface area contributed by atoms with Crippen molar-refractivity contribution < 1.29 is 22.4 Å². The van der Waals surface area contributed by atoms with Crippen LogP contribution in [0, 0.1) is 11.3 Å². The third-order valence-electron chi connectivity index (χ3n) is 6.49. The highest BCUT2D eigenvalue weighted by Crippen LogP contribution is 2.31. The van der Waals surface area contributed by atoms with Gasteiger partial charge in [0.05, 0.1) is 29.6 Å². The van der Waals surface area contributed by atoms with E-state index < -0.39 is 17.3 Å². The lowest BCUT2D eigenvalue weighted by Crippen LogP contribution is -2.49. The van der Waals surface area contributed by atoms with E-state index in [0.29, 0.717) is 48.3 Å². The van der Waals surface area contributed by atoms with Crippen molar-refractivity contribution in [3.63, 3.8) is 0 Å². The molecule has 0 unspecified atom stereocenters. The summed E-state index contributed by atoms with van der Waals surface area (Å²) in [6.45, 7) is 1.60. The summed E-state index contributed by atoms with van der Waals surface area (Å²) >= 11 is 0. The van der Waals surface area contributed by atoms with Gasteiger partial charge in [-0.15, -0.1) is 0 Å². The Kier molecular flexibility index (Phi) is 7.28. The van der Waals surface area contributed by atoms with Gasteiger partial charge in [0, 0.05) is 31.6 Å². The normalized spacial score (nSPS) is 13.7. The van der Waals surface area contributed by atoms with Crippen molar-refractivity contribution in [2.75, 3.05) is 31.1 Å². The summed E-state index contributed by atoms with van der Waals surface area (Å²) in [5, 5.41) is 10.7. The summed E-state index contributed by atoms with van der Waals surface area (Å²) in [4.78, 5) is 29.7. The highest BCUT2D eigenvalue weighted by molar-refractivity contribution is 5.95. The Bertz CT molecular complexity index is 1550. The van der Waals surface area contributed by atoms with Crippen LogP contribution in [0.1, 0.15) is 27.2 Å². The average Bonchev–Trinajstić information content (AvgIpc) is 3.44. The first-order chi connectivity index (χ1) is 17.8. The fraction of sp³-hybridized carbons (Fsp3) is 0.222. The molecule has 0 atom stereocenters. The molecule has 1 amide bonds. The molecule has 11 heteroatoms. The summed E-state index contributed by atoms with van der Waals surface area (Å²) in [6.07, 6.45) is -3.02. The Morgan fingerprint density at radius 2 is 1.66 bits per heavy atom. The second-order valence-corrected chi connectivity index (χ2v) is 8.70. The molecule has 0 spiro atoms. The number of furan rings is 1. The molecule has 0 saturated carbocycles. The van der Waals surface area contributed by atoms with Crippen LogP contribution in [0.25, 0.3) is 10.9 Å². The van der Waals surface area contributed by atoms with Gasteiger partial charge in [-0.1, -0.05) is 30.3 Å². The number of piperazine rings is 1. The molecular formula is C27H24F3N5O3. The first kappa shape index (κ1) is 26.5.